The smallest absolute Gasteiger partial charge is 0.133 e. The fourth-order valence-corrected chi connectivity index (χ4v) is 7.72. The van der Waals surface area contributed by atoms with Gasteiger partial charge in [-0.05, 0) is 44.9 Å². The Labute approximate surface area is 291 Å². The van der Waals surface area contributed by atoms with Crippen molar-refractivity contribution in [2.24, 2.45) is 5.41 Å². The number of ether oxygens (including phenoxy) is 3. The highest BCUT2D eigenvalue weighted by Crippen LogP contribution is 2.48. The number of unbranched alkanes of at least 4 members (excludes halogenated alkanes) is 16. The largest absolute Gasteiger partial charge is 0.373 e. The van der Waals surface area contributed by atoms with Crippen LogP contribution in [-0.4, -0.2) is 75.8 Å². The van der Waals surface area contributed by atoms with Crippen LogP contribution in [0.4, 0.5) is 0 Å². The van der Waals surface area contributed by atoms with Crippen molar-refractivity contribution in [1.29, 1.82) is 0 Å². The highest BCUT2D eigenvalue weighted by molar-refractivity contribution is 5.02. The van der Waals surface area contributed by atoms with Crippen LogP contribution in [-0.2, 0) is 43.5 Å². The molecule has 5 rings (SSSR count). The first kappa shape index (κ1) is 38.9. The summed E-state index contributed by atoms with van der Waals surface area (Å²) in [4.78, 5) is 35.1. The molecule has 5 saturated heterocycles. The van der Waals surface area contributed by atoms with E-state index in [9.17, 15) is 0 Å². The second-order valence-corrected chi connectivity index (χ2v) is 15.5. The van der Waals surface area contributed by atoms with Gasteiger partial charge < -0.3 is 14.2 Å². The van der Waals surface area contributed by atoms with Crippen molar-refractivity contribution < 1.29 is 43.5 Å². The lowest BCUT2D eigenvalue weighted by Gasteiger charge is -2.54. The molecule has 0 N–H and O–H groups in total. The average molecular weight is 683 g/mol. The molecule has 48 heavy (non-hydrogen) atoms. The van der Waals surface area contributed by atoms with E-state index in [1.54, 1.807) is 0 Å². The van der Waals surface area contributed by atoms with Crippen LogP contribution in [0.25, 0.3) is 0 Å². The van der Waals surface area contributed by atoms with E-state index in [2.05, 4.69) is 6.92 Å². The van der Waals surface area contributed by atoms with E-state index >= 15 is 0 Å². The Hall–Kier alpha value is -0.360. The summed E-state index contributed by atoms with van der Waals surface area (Å²) < 4.78 is 16.0. The molecule has 0 radical (unpaired) electrons. The van der Waals surface area contributed by atoms with Crippen molar-refractivity contribution in [3.8, 4) is 0 Å². The molecule has 9 nitrogen and oxygen atoms in total. The molecule has 0 aromatic heterocycles. The van der Waals surface area contributed by atoms with Crippen LogP contribution in [0.3, 0.4) is 0 Å². The summed E-state index contributed by atoms with van der Waals surface area (Å²) in [6.45, 7) is 6.22. The lowest BCUT2D eigenvalue weighted by molar-refractivity contribution is -0.541. The molecule has 0 saturated carbocycles. The van der Waals surface area contributed by atoms with Gasteiger partial charge in [-0.1, -0.05) is 122 Å². The Morgan fingerprint density at radius 1 is 0.438 bits per heavy atom. The normalized spacial score (nSPS) is 30.1. The Morgan fingerprint density at radius 3 is 1.12 bits per heavy atom. The molecular weight excluding hydrogens is 612 g/mol. The molecule has 5 heterocycles. The van der Waals surface area contributed by atoms with E-state index in [0.717, 1.165) is 58.3 Å². The van der Waals surface area contributed by atoms with Crippen molar-refractivity contribution in [2.45, 2.75) is 210 Å². The van der Waals surface area contributed by atoms with Gasteiger partial charge in [0.05, 0.1) is 56.8 Å². The van der Waals surface area contributed by atoms with E-state index < -0.39 is 0 Å². The van der Waals surface area contributed by atoms with Crippen molar-refractivity contribution in [1.82, 2.24) is 0 Å². The van der Waals surface area contributed by atoms with Gasteiger partial charge >= 0.3 is 0 Å². The zero-order chi connectivity index (χ0) is 33.1. The summed E-state index contributed by atoms with van der Waals surface area (Å²) in [7, 11) is 0. The molecule has 9 heteroatoms. The Morgan fingerprint density at radius 2 is 0.792 bits per heavy atom. The number of hydrogen-bond donors (Lipinski definition) is 0. The summed E-state index contributed by atoms with van der Waals surface area (Å²) >= 11 is 0. The standard InChI is InChI=1S/C39H70O9/c1-2-39(31-44-43-27-21-15-9-3-4-10-16-22-32-28-40-32,37-35(45-47-37)25-19-13-7-5-11-17-23-33-29-41-33)38-36(46-48-38)26-20-14-8-6-12-18-24-34-30-42-34/h32-38H,2-31H2,1H3. The maximum atomic E-state index is 5.99. The first-order valence-corrected chi connectivity index (χ1v) is 20.5. The van der Waals surface area contributed by atoms with Crippen molar-refractivity contribution >= 4 is 0 Å². The van der Waals surface area contributed by atoms with Gasteiger partial charge in [0.2, 0.25) is 0 Å². The third kappa shape index (κ3) is 14.3. The van der Waals surface area contributed by atoms with Gasteiger partial charge in [0.15, 0.2) is 0 Å². The molecular formula is C39H70O9. The summed E-state index contributed by atoms with van der Waals surface area (Å²) in [5.41, 5.74) is -0.368. The van der Waals surface area contributed by atoms with Crippen LogP contribution in [0.5, 0.6) is 0 Å². The van der Waals surface area contributed by atoms with Gasteiger partial charge in [-0.25, -0.2) is 29.3 Å². The summed E-state index contributed by atoms with van der Waals surface area (Å²) in [6.07, 6.45) is 32.2. The van der Waals surface area contributed by atoms with Gasteiger partial charge in [-0.2, -0.15) is 0 Å². The highest BCUT2D eigenvalue weighted by Gasteiger charge is 2.61. The van der Waals surface area contributed by atoms with Gasteiger partial charge in [0.1, 0.15) is 24.4 Å². The fraction of sp³-hybridized carbons (Fsp3) is 1.00. The minimum Gasteiger partial charge on any atom is -0.373 e. The van der Waals surface area contributed by atoms with Crippen LogP contribution in [0.1, 0.15) is 167 Å². The van der Waals surface area contributed by atoms with E-state index in [1.165, 1.54) is 122 Å². The topological polar surface area (TPSA) is 93.0 Å². The highest BCUT2D eigenvalue weighted by atomic mass is 17.3. The monoisotopic (exact) mass is 683 g/mol. The van der Waals surface area contributed by atoms with Gasteiger partial charge in [0.25, 0.3) is 0 Å². The molecule has 0 aromatic carbocycles. The molecule has 5 fully saturated rings. The summed E-state index contributed by atoms with van der Waals surface area (Å²) in [5.74, 6) is 0. The second kappa shape index (κ2) is 22.5. The molecule has 0 bridgehead atoms. The average Bonchev–Trinajstić information content (AvgIpc) is 3.90. The molecule has 5 aliphatic rings. The lowest BCUT2D eigenvalue weighted by Crippen LogP contribution is -2.66. The number of rotatable bonds is 34. The second-order valence-electron chi connectivity index (χ2n) is 15.5. The SMILES string of the molecule is CCC(COOCCCCCCCCCC1CO1)(C1OOC1CCCCCCCCC1CO1)C1OOC1CCCCCCCCC1CO1. The Balaban J connectivity index is 0.982. The van der Waals surface area contributed by atoms with Gasteiger partial charge in [-0.3, -0.25) is 0 Å². The molecule has 7 atom stereocenters. The van der Waals surface area contributed by atoms with E-state index in [1.807, 2.05) is 0 Å². The van der Waals surface area contributed by atoms with Crippen LogP contribution in [0.15, 0.2) is 0 Å². The first-order valence-electron chi connectivity index (χ1n) is 20.5. The van der Waals surface area contributed by atoms with E-state index in [4.69, 9.17) is 43.5 Å². The third-order valence-corrected chi connectivity index (χ3v) is 11.4. The maximum absolute atomic E-state index is 5.99. The molecule has 0 amide bonds. The quantitative estimate of drug-likeness (QED) is 0.0285. The van der Waals surface area contributed by atoms with Crippen molar-refractivity contribution in [3.63, 3.8) is 0 Å². The molecule has 0 aliphatic carbocycles. The van der Waals surface area contributed by atoms with Crippen LogP contribution in [0, 0.1) is 5.41 Å². The summed E-state index contributed by atoms with van der Waals surface area (Å²) in [6, 6.07) is 0. The minimum atomic E-state index is -0.368. The van der Waals surface area contributed by atoms with Gasteiger partial charge in [-0.15, -0.1) is 0 Å². The van der Waals surface area contributed by atoms with Crippen LogP contribution >= 0.6 is 0 Å². The number of hydrogen-bond acceptors (Lipinski definition) is 9. The van der Waals surface area contributed by atoms with Gasteiger partial charge in [0, 0.05) is 0 Å². The zero-order valence-corrected chi connectivity index (χ0v) is 30.4. The zero-order valence-electron chi connectivity index (χ0n) is 30.4. The maximum Gasteiger partial charge on any atom is 0.133 e. The van der Waals surface area contributed by atoms with Crippen LogP contribution < -0.4 is 0 Å². The van der Waals surface area contributed by atoms with Crippen LogP contribution in [0.2, 0.25) is 0 Å². The molecule has 280 valence electrons. The van der Waals surface area contributed by atoms with Crippen molar-refractivity contribution in [3.05, 3.63) is 0 Å². The molecule has 0 spiro atoms. The third-order valence-electron chi connectivity index (χ3n) is 11.4. The lowest BCUT2D eigenvalue weighted by atomic mass is 9.69. The van der Waals surface area contributed by atoms with E-state index in [0.29, 0.717) is 31.5 Å². The predicted octanol–water partition coefficient (Wildman–Crippen LogP) is 9.29. The molecule has 7 unspecified atom stereocenters. The Kier molecular flexibility index (Phi) is 18.3. The Bertz CT molecular complexity index is 773. The molecule has 5 aliphatic heterocycles. The number of epoxide rings is 3. The molecule has 0 aromatic rings. The summed E-state index contributed by atoms with van der Waals surface area (Å²) in [5, 5.41) is 0. The van der Waals surface area contributed by atoms with Crippen molar-refractivity contribution in [2.75, 3.05) is 33.0 Å². The predicted molar refractivity (Wildman–Crippen MR) is 184 cm³/mol. The first-order chi connectivity index (χ1) is 23.8. The minimum absolute atomic E-state index is 0.0586. The van der Waals surface area contributed by atoms with E-state index in [-0.39, 0.29) is 29.8 Å². The fourth-order valence-electron chi connectivity index (χ4n) is 7.72.